The average molecular weight is 138 g/mol. The van der Waals surface area contributed by atoms with E-state index in [-0.39, 0.29) is 11.5 Å². The van der Waals surface area contributed by atoms with Crippen molar-refractivity contribution in [2.75, 3.05) is 0 Å². The molecule has 0 bridgehead atoms. The Bertz CT molecular complexity index is 211. The highest BCUT2D eigenvalue weighted by atomic mass is 16.3. The third-order valence-corrected chi connectivity index (χ3v) is 1.63. The lowest BCUT2D eigenvalue weighted by Gasteiger charge is -2.07. The molecule has 0 unspecified atom stereocenters. The van der Waals surface area contributed by atoms with Crippen LogP contribution >= 0.6 is 0 Å². The van der Waals surface area contributed by atoms with Gasteiger partial charge in [-0.15, -0.1) is 0 Å². The second kappa shape index (κ2) is 2.69. The smallest absolute Gasteiger partial charge is 0.219 e. The highest BCUT2D eigenvalue weighted by Crippen LogP contribution is 2.16. The van der Waals surface area contributed by atoms with Crippen LogP contribution in [0.25, 0.3) is 0 Å². The summed E-state index contributed by atoms with van der Waals surface area (Å²) in [4.78, 5) is 10.8. The van der Waals surface area contributed by atoms with Gasteiger partial charge in [-0.2, -0.15) is 0 Å². The number of rotatable bonds is 1. The number of carbonyl (C=O) groups is 1. The van der Waals surface area contributed by atoms with Crippen molar-refractivity contribution in [3.8, 4) is 0 Å². The Balaban J connectivity index is 2.87. The first kappa shape index (κ1) is 7.06. The topological polar surface area (TPSA) is 37.3 Å². The molecule has 10 heavy (non-hydrogen) atoms. The van der Waals surface area contributed by atoms with Crippen LogP contribution < -0.4 is 0 Å². The lowest BCUT2D eigenvalue weighted by molar-refractivity contribution is -0.113. The van der Waals surface area contributed by atoms with E-state index >= 15 is 0 Å². The summed E-state index contributed by atoms with van der Waals surface area (Å²) in [6, 6.07) is 0. The van der Waals surface area contributed by atoms with Gasteiger partial charge in [0, 0.05) is 0 Å². The predicted molar refractivity (Wildman–Crippen MR) is 38.7 cm³/mol. The van der Waals surface area contributed by atoms with Crippen molar-refractivity contribution < 1.29 is 9.90 Å². The number of aliphatic hydroxyl groups excluding tert-OH is 1. The maximum atomic E-state index is 10.8. The Morgan fingerprint density at radius 1 is 1.70 bits per heavy atom. The molecule has 0 spiro atoms. The molecule has 0 aromatic carbocycles. The third-order valence-electron chi connectivity index (χ3n) is 1.63. The largest absolute Gasteiger partial charge is 0.504 e. The van der Waals surface area contributed by atoms with E-state index in [1.54, 1.807) is 6.08 Å². The number of carbonyl (C=O) groups excluding carboxylic acids is 1. The standard InChI is InChI=1S/C8H10O2/c1-2-6-4-3-5-7(9)8(6)10/h3,5,10H,2,4H2,1H3. The fourth-order valence-corrected chi connectivity index (χ4v) is 0.970. The molecule has 0 fully saturated rings. The van der Waals surface area contributed by atoms with E-state index in [0.717, 1.165) is 12.0 Å². The minimum atomic E-state index is -0.261. The van der Waals surface area contributed by atoms with Crippen molar-refractivity contribution >= 4 is 5.78 Å². The van der Waals surface area contributed by atoms with Crippen LogP contribution in [0.3, 0.4) is 0 Å². The maximum absolute atomic E-state index is 10.8. The molecule has 2 nitrogen and oxygen atoms in total. The first-order chi connectivity index (χ1) is 4.75. The molecule has 1 aliphatic carbocycles. The van der Waals surface area contributed by atoms with Crippen LogP contribution in [0.15, 0.2) is 23.5 Å². The van der Waals surface area contributed by atoms with Gasteiger partial charge in [-0.3, -0.25) is 4.79 Å². The van der Waals surface area contributed by atoms with Crippen molar-refractivity contribution in [3.63, 3.8) is 0 Å². The Morgan fingerprint density at radius 3 is 2.90 bits per heavy atom. The molecule has 0 aliphatic heterocycles. The van der Waals surface area contributed by atoms with Crippen LogP contribution in [0.4, 0.5) is 0 Å². The fourth-order valence-electron chi connectivity index (χ4n) is 0.970. The van der Waals surface area contributed by atoms with E-state index < -0.39 is 0 Å². The van der Waals surface area contributed by atoms with Gasteiger partial charge in [0.1, 0.15) is 0 Å². The van der Waals surface area contributed by atoms with E-state index in [1.807, 2.05) is 6.92 Å². The van der Waals surface area contributed by atoms with Crippen LogP contribution in [0.2, 0.25) is 0 Å². The van der Waals surface area contributed by atoms with Crippen molar-refractivity contribution in [1.82, 2.24) is 0 Å². The first-order valence-corrected chi connectivity index (χ1v) is 3.37. The second-order valence-corrected chi connectivity index (χ2v) is 2.28. The number of hydrogen-bond donors (Lipinski definition) is 1. The van der Waals surface area contributed by atoms with E-state index in [2.05, 4.69) is 0 Å². The van der Waals surface area contributed by atoms with Gasteiger partial charge in [-0.25, -0.2) is 0 Å². The molecule has 1 rings (SSSR count). The summed E-state index contributed by atoms with van der Waals surface area (Å²) in [6.45, 7) is 1.93. The molecular weight excluding hydrogens is 128 g/mol. The monoisotopic (exact) mass is 138 g/mol. The molecule has 0 saturated heterocycles. The van der Waals surface area contributed by atoms with Gasteiger partial charge in [-0.05, 0) is 24.5 Å². The van der Waals surface area contributed by atoms with E-state index in [0.29, 0.717) is 6.42 Å². The number of hydrogen-bond acceptors (Lipinski definition) is 2. The predicted octanol–water partition coefficient (Wildman–Crippen LogP) is 1.74. The quantitative estimate of drug-likeness (QED) is 0.599. The summed E-state index contributed by atoms with van der Waals surface area (Å²) in [5, 5.41) is 9.12. The van der Waals surface area contributed by atoms with Gasteiger partial charge in [0.15, 0.2) is 5.76 Å². The lowest BCUT2D eigenvalue weighted by atomic mass is 10.0. The highest BCUT2D eigenvalue weighted by molar-refractivity contribution is 6.03. The van der Waals surface area contributed by atoms with E-state index in [4.69, 9.17) is 5.11 Å². The number of ketones is 1. The molecule has 0 aromatic rings. The average Bonchev–Trinajstić information content (AvgIpc) is 1.95. The van der Waals surface area contributed by atoms with Gasteiger partial charge < -0.3 is 5.11 Å². The third kappa shape index (κ3) is 1.10. The van der Waals surface area contributed by atoms with Crippen LogP contribution in [0.1, 0.15) is 19.8 Å². The molecule has 0 saturated carbocycles. The zero-order chi connectivity index (χ0) is 7.56. The zero-order valence-corrected chi connectivity index (χ0v) is 5.92. The summed E-state index contributed by atoms with van der Waals surface area (Å²) in [6.07, 6.45) is 4.66. The Labute approximate surface area is 59.9 Å². The minimum absolute atomic E-state index is 0.0509. The first-order valence-electron chi connectivity index (χ1n) is 3.37. The summed E-state index contributed by atoms with van der Waals surface area (Å²) in [5.41, 5.74) is 0.840. The summed E-state index contributed by atoms with van der Waals surface area (Å²) >= 11 is 0. The van der Waals surface area contributed by atoms with Gasteiger partial charge in [-0.1, -0.05) is 13.0 Å². The van der Waals surface area contributed by atoms with Crippen LogP contribution in [-0.2, 0) is 4.79 Å². The Morgan fingerprint density at radius 2 is 2.40 bits per heavy atom. The lowest BCUT2D eigenvalue weighted by Crippen LogP contribution is -2.05. The van der Waals surface area contributed by atoms with Crippen LogP contribution in [0, 0.1) is 0 Å². The molecule has 0 aromatic heterocycles. The Hall–Kier alpha value is -1.05. The number of aliphatic hydroxyl groups is 1. The molecule has 1 N–H and O–H groups in total. The van der Waals surface area contributed by atoms with Gasteiger partial charge in [0.05, 0.1) is 0 Å². The maximum Gasteiger partial charge on any atom is 0.219 e. The zero-order valence-electron chi connectivity index (χ0n) is 5.92. The van der Waals surface area contributed by atoms with Crippen LogP contribution in [0.5, 0.6) is 0 Å². The molecule has 54 valence electrons. The SMILES string of the molecule is CCC1=C(O)C(=O)C=CC1. The van der Waals surface area contributed by atoms with E-state index in [1.165, 1.54) is 6.08 Å². The van der Waals surface area contributed by atoms with Crippen molar-refractivity contribution in [3.05, 3.63) is 23.5 Å². The molecule has 0 atom stereocenters. The molecule has 0 heterocycles. The normalized spacial score (nSPS) is 18.3. The van der Waals surface area contributed by atoms with Gasteiger partial charge in [0.2, 0.25) is 5.78 Å². The molecular formula is C8H10O2. The highest BCUT2D eigenvalue weighted by Gasteiger charge is 2.12. The Kier molecular flexibility index (Phi) is 1.90. The van der Waals surface area contributed by atoms with Gasteiger partial charge in [0.25, 0.3) is 0 Å². The molecule has 0 amide bonds. The van der Waals surface area contributed by atoms with Crippen molar-refractivity contribution in [1.29, 1.82) is 0 Å². The molecule has 1 aliphatic rings. The van der Waals surface area contributed by atoms with Gasteiger partial charge >= 0.3 is 0 Å². The summed E-state index contributed by atoms with van der Waals surface area (Å²) in [7, 11) is 0. The second-order valence-electron chi connectivity index (χ2n) is 2.28. The molecule has 0 radical (unpaired) electrons. The minimum Gasteiger partial charge on any atom is -0.504 e. The number of allylic oxidation sites excluding steroid dienone is 3. The summed E-state index contributed by atoms with van der Waals surface area (Å²) in [5.74, 6) is -0.312. The van der Waals surface area contributed by atoms with E-state index in [9.17, 15) is 4.79 Å². The van der Waals surface area contributed by atoms with Crippen LogP contribution in [-0.4, -0.2) is 10.9 Å². The molecule has 2 heteroatoms. The van der Waals surface area contributed by atoms with Crippen molar-refractivity contribution in [2.24, 2.45) is 0 Å². The summed E-state index contributed by atoms with van der Waals surface area (Å²) < 4.78 is 0. The van der Waals surface area contributed by atoms with Crippen molar-refractivity contribution in [2.45, 2.75) is 19.8 Å². The fraction of sp³-hybridized carbons (Fsp3) is 0.375.